The first-order valence-corrected chi connectivity index (χ1v) is 9.86. The second-order valence-corrected chi connectivity index (χ2v) is 8.00. The third-order valence-corrected chi connectivity index (χ3v) is 6.03. The largest absolute Gasteiger partial charge is 0.443 e. The summed E-state index contributed by atoms with van der Waals surface area (Å²) in [5.74, 6) is 0.693. The molecule has 1 aromatic heterocycles. The van der Waals surface area contributed by atoms with Crippen molar-refractivity contribution in [2.45, 2.75) is 50.1 Å². The molecule has 3 heterocycles. The summed E-state index contributed by atoms with van der Waals surface area (Å²) in [4.78, 5) is 4.39. The first-order valence-electron chi connectivity index (χ1n) is 9.48. The van der Waals surface area contributed by atoms with Gasteiger partial charge in [0.05, 0.1) is 18.2 Å². The van der Waals surface area contributed by atoms with Crippen LogP contribution in [0.5, 0.6) is 11.5 Å². The molecule has 1 aliphatic carbocycles. The van der Waals surface area contributed by atoms with Crippen LogP contribution in [-0.2, 0) is 15.3 Å². The first-order chi connectivity index (χ1) is 13.1. The minimum atomic E-state index is -0.948. The molecular formula is C21H22ClNO4. The van der Waals surface area contributed by atoms with Crippen molar-refractivity contribution in [2.75, 3.05) is 13.2 Å². The maximum absolute atomic E-state index is 6.33. The third kappa shape index (κ3) is 2.98. The van der Waals surface area contributed by atoms with Gasteiger partial charge in [-0.3, -0.25) is 4.98 Å². The molecule has 6 heteroatoms. The number of ether oxygens (including phenoxy) is 4. The number of nitrogens with zero attached hydrogens (tertiary/aromatic N) is 1. The maximum atomic E-state index is 6.33. The van der Waals surface area contributed by atoms with Crippen molar-refractivity contribution >= 4 is 11.6 Å². The number of fused-ring (bicyclic) bond motifs is 1. The topological polar surface area (TPSA) is 49.8 Å². The van der Waals surface area contributed by atoms with Crippen LogP contribution in [0.4, 0.5) is 0 Å². The number of benzene rings is 1. The summed E-state index contributed by atoms with van der Waals surface area (Å²) < 4.78 is 24.2. The average Bonchev–Trinajstić information content (AvgIpc) is 3.27. The molecule has 2 aliphatic heterocycles. The van der Waals surface area contributed by atoms with Gasteiger partial charge < -0.3 is 18.9 Å². The molecule has 3 aliphatic rings. The highest BCUT2D eigenvalue weighted by atomic mass is 35.5. The van der Waals surface area contributed by atoms with Crippen molar-refractivity contribution in [1.29, 1.82) is 0 Å². The standard InChI is InChI=1S/C21H22ClNO4/c1-20(18-6-5-15(22)13-23-18)26-17-4-2-3-16(19(17)27-20)14-7-9-21(10-8-14)24-11-12-25-21/h2-6,13-14H,7-12H2,1H3. The Morgan fingerprint density at radius 1 is 1.04 bits per heavy atom. The van der Waals surface area contributed by atoms with E-state index in [0.29, 0.717) is 29.8 Å². The Morgan fingerprint density at radius 3 is 2.52 bits per heavy atom. The fourth-order valence-corrected chi connectivity index (χ4v) is 4.48. The molecule has 142 valence electrons. The van der Waals surface area contributed by atoms with Crippen LogP contribution in [0.2, 0.25) is 5.02 Å². The number of aromatic nitrogens is 1. The van der Waals surface area contributed by atoms with E-state index >= 15 is 0 Å². The number of hydrogen-bond acceptors (Lipinski definition) is 5. The summed E-state index contributed by atoms with van der Waals surface area (Å²) >= 11 is 5.97. The summed E-state index contributed by atoms with van der Waals surface area (Å²) in [6.07, 6.45) is 5.46. The van der Waals surface area contributed by atoms with Crippen LogP contribution in [0.1, 0.15) is 49.8 Å². The van der Waals surface area contributed by atoms with E-state index in [-0.39, 0.29) is 5.79 Å². The molecule has 1 saturated heterocycles. The van der Waals surface area contributed by atoms with Gasteiger partial charge in [0.1, 0.15) is 5.69 Å². The molecule has 1 atom stereocenters. The van der Waals surface area contributed by atoms with Crippen molar-refractivity contribution in [3.8, 4) is 11.5 Å². The lowest BCUT2D eigenvalue weighted by Gasteiger charge is -2.35. The van der Waals surface area contributed by atoms with E-state index in [2.05, 4.69) is 11.1 Å². The van der Waals surface area contributed by atoms with Crippen molar-refractivity contribution in [3.63, 3.8) is 0 Å². The van der Waals surface area contributed by atoms with Gasteiger partial charge in [0, 0.05) is 31.5 Å². The summed E-state index contributed by atoms with van der Waals surface area (Å²) in [5, 5.41) is 0.589. The van der Waals surface area contributed by atoms with Crippen LogP contribution in [0, 0.1) is 0 Å². The highest BCUT2D eigenvalue weighted by Crippen LogP contribution is 2.51. The minimum absolute atomic E-state index is 0.354. The Balaban J connectivity index is 1.39. The van der Waals surface area contributed by atoms with Crippen molar-refractivity contribution in [1.82, 2.24) is 4.98 Å². The van der Waals surface area contributed by atoms with Crippen LogP contribution in [0.3, 0.4) is 0 Å². The van der Waals surface area contributed by atoms with E-state index in [1.165, 1.54) is 5.56 Å². The molecule has 2 fully saturated rings. The summed E-state index contributed by atoms with van der Waals surface area (Å²) in [5.41, 5.74) is 1.89. The number of hydrogen-bond donors (Lipinski definition) is 0. The first kappa shape index (κ1) is 17.3. The predicted molar refractivity (Wildman–Crippen MR) is 100 cm³/mol. The number of rotatable bonds is 2. The summed E-state index contributed by atoms with van der Waals surface area (Å²) in [6.45, 7) is 3.30. The Kier molecular flexibility index (Phi) is 4.08. The molecule has 1 spiro atoms. The lowest BCUT2D eigenvalue weighted by molar-refractivity contribution is -0.178. The van der Waals surface area contributed by atoms with E-state index in [0.717, 1.165) is 37.2 Å². The van der Waals surface area contributed by atoms with Crippen LogP contribution in [0.25, 0.3) is 0 Å². The Hall–Kier alpha value is -1.82. The Labute approximate surface area is 163 Å². The van der Waals surface area contributed by atoms with Gasteiger partial charge in [-0.1, -0.05) is 23.7 Å². The van der Waals surface area contributed by atoms with Crippen molar-refractivity contribution in [3.05, 3.63) is 52.8 Å². The molecule has 1 unspecified atom stereocenters. The highest BCUT2D eigenvalue weighted by molar-refractivity contribution is 6.30. The quantitative estimate of drug-likeness (QED) is 0.742. The van der Waals surface area contributed by atoms with E-state index in [1.807, 2.05) is 25.1 Å². The van der Waals surface area contributed by atoms with Crippen LogP contribution in [-0.4, -0.2) is 24.0 Å². The van der Waals surface area contributed by atoms with Gasteiger partial charge in [0.2, 0.25) is 0 Å². The SMILES string of the molecule is CC1(c2ccc(Cl)cn2)Oc2cccc(C3CCC4(CC3)OCCO4)c2O1. The zero-order valence-electron chi connectivity index (χ0n) is 15.2. The molecule has 5 nitrogen and oxygen atoms in total. The van der Waals surface area contributed by atoms with Crippen LogP contribution < -0.4 is 9.47 Å². The molecule has 1 aromatic carbocycles. The Morgan fingerprint density at radius 2 is 1.81 bits per heavy atom. The predicted octanol–water partition coefficient (Wildman–Crippen LogP) is 4.78. The van der Waals surface area contributed by atoms with Crippen LogP contribution in [0.15, 0.2) is 36.5 Å². The van der Waals surface area contributed by atoms with E-state index in [9.17, 15) is 0 Å². The zero-order valence-corrected chi connectivity index (χ0v) is 16.0. The smallest absolute Gasteiger partial charge is 0.292 e. The second kappa shape index (κ2) is 6.36. The molecule has 5 rings (SSSR count). The van der Waals surface area contributed by atoms with Gasteiger partial charge in [0.25, 0.3) is 5.79 Å². The van der Waals surface area contributed by atoms with Crippen molar-refractivity contribution in [2.24, 2.45) is 0 Å². The van der Waals surface area contributed by atoms with Gasteiger partial charge in [0.15, 0.2) is 17.3 Å². The average molecular weight is 388 g/mol. The third-order valence-electron chi connectivity index (χ3n) is 5.80. The lowest BCUT2D eigenvalue weighted by Crippen LogP contribution is -2.35. The molecule has 27 heavy (non-hydrogen) atoms. The summed E-state index contributed by atoms with van der Waals surface area (Å²) in [6, 6.07) is 9.77. The van der Waals surface area contributed by atoms with Crippen LogP contribution >= 0.6 is 11.6 Å². The zero-order chi connectivity index (χ0) is 18.5. The molecular weight excluding hydrogens is 366 g/mol. The van der Waals surface area contributed by atoms with E-state index in [1.54, 1.807) is 12.3 Å². The molecule has 1 saturated carbocycles. The molecule has 0 radical (unpaired) electrons. The number of para-hydroxylation sites is 1. The Bertz CT molecular complexity index is 840. The number of halogens is 1. The summed E-state index contributed by atoms with van der Waals surface area (Å²) in [7, 11) is 0. The fraction of sp³-hybridized carbons (Fsp3) is 0.476. The minimum Gasteiger partial charge on any atom is -0.443 e. The second-order valence-electron chi connectivity index (χ2n) is 7.57. The van der Waals surface area contributed by atoms with Gasteiger partial charge in [-0.2, -0.15) is 0 Å². The maximum Gasteiger partial charge on any atom is 0.292 e. The molecule has 0 bridgehead atoms. The number of pyridine rings is 1. The van der Waals surface area contributed by atoms with E-state index < -0.39 is 5.79 Å². The van der Waals surface area contributed by atoms with Gasteiger partial charge in [-0.15, -0.1) is 0 Å². The normalized spacial score (nSPS) is 26.6. The van der Waals surface area contributed by atoms with Gasteiger partial charge >= 0.3 is 0 Å². The van der Waals surface area contributed by atoms with Crippen molar-refractivity contribution < 1.29 is 18.9 Å². The molecule has 0 N–H and O–H groups in total. The van der Waals surface area contributed by atoms with E-state index in [4.69, 9.17) is 30.5 Å². The van der Waals surface area contributed by atoms with Gasteiger partial charge in [-0.05, 0) is 37.0 Å². The highest BCUT2D eigenvalue weighted by Gasteiger charge is 2.44. The molecule has 0 amide bonds. The fourth-order valence-electron chi connectivity index (χ4n) is 4.37. The molecule has 2 aromatic rings. The van der Waals surface area contributed by atoms with Gasteiger partial charge in [-0.25, -0.2) is 0 Å². The lowest BCUT2D eigenvalue weighted by atomic mass is 9.80. The monoisotopic (exact) mass is 387 g/mol.